The van der Waals surface area contributed by atoms with Gasteiger partial charge in [0.2, 0.25) is 0 Å². The van der Waals surface area contributed by atoms with Crippen molar-refractivity contribution < 1.29 is 19.0 Å². The monoisotopic (exact) mass is 281 g/mol. The maximum absolute atomic E-state index is 13.6. The minimum absolute atomic E-state index is 0.232. The molecule has 1 atom stereocenters. The van der Waals surface area contributed by atoms with E-state index in [0.717, 1.165) is 31.5 Å². The Bertz CT molecular complexity index is 478. The summed E-state index contributed by atoms with van der Waals surface area (Å²) in [6.07, 6.45) is 1.98. The smallest absolute Gasteiger partial charge is 0.303 e. The fourth-order valence-electron chi connectivity index (χ4n) is 2.69. The Hall–Kier alpha value is -1.62. The largest absolute Gasteiger partial charge is 0.494 e. The number of rotatable bonds is 6. The third-order valence-corrected chi connectivity index (χ3v) is 3.76. The molecule has 4 nitrogen and oxygen atoms in total. The summed E-state index contributed by atoms with van der Waals surface area (Å²) in [7, 11) is 1.45. The Morgan fingerprint density at radius 3 is 3.00 bits per heavy atom. The maximum Gasteiger partial charge on any atom is 0.303 e. The molecule has 1 heterocycles. The number of benzene rings is 1. The standard InChI is InChI=1S/C15H20FNO3/c1-20-14-4-2-12(8-13(14)16)10-17-7-6-11(9-17)3-5-15(18)19/h2,4,8,11H,3,5-7,9-10H2,1H3,(H,18,19). The van der Waals surface area contributed by atoms with Crippen molar-refractivity contribution in [2.75, 3.05) is 20.2 Å². The number of likely N-dealkylation sites (tertiary alicyclic amines) is 1. The van der Waals surface area contributed by atoms with Gasteiger partial charge in [-0.1, -0.05) is 6.07 Å². The average Bonchev–Trinajstić information content (AvgIpc) is 2.84. The predicted octanol–water partition coefficient (Wildman–Crippen LogP) is 2.52. The molecule has 0 radical (unpaired) electrons. The second-order valence-corrected chi connectivity index (χ2v) is 5.29. The van der Waals surface area contributed by atoms with Crippen molar-refractivity contribution in [3.63, 3.8) is 0 Å². The summed E-state index contributed by atoms with van der Waals surface area (Å²) in [5, 5.41) is 8.69. The molecule has 0 aliphatic carbocycles. The van der Waals surface area contributed by atoms with Gasteiger partial charge in [-0.25, -0.2) is 4.39 Å². The van der Waals surface area contributed by atoms with Crippen LogP contribution in [0.3, 0.4) is 0 Å². The topological polar surface area (TPSA) is 49.8 Å². The van der Waals surface area contributed by atoms with Gasteiger partial charge >= 0.3 is 5.97 Å². The quantitative estimate of drug-likeness (QED) is 0.870. The van der Waals surface area contributed by atoms with Gasteiger partial charge in [0.15, 0.2) is 11.6 Å². The molecule has 0 bridgehead atoms. The molecule has 5 heteroatoms. The second-order valence-electron chi connectivity index (χ2n) is 5.29. The van der Waals surface area contributed by atoms with E-state index in [1.54, 1.807) is 6.07 Å². The molecule has 2 rings (SSSR count). The van der Waals surface area contributed by atoms with Crippen LogP contribution in [-0.2, 0) is 11.3 Å². The van der Waals surface area contributed by atoms with Crippen LogP contribution >= 0.6 is 0 Å². The van der Waals surface area contributed by atoms with Gasteiger partial charge in [-0.05, 0) is 43.0 Å². The number of hydrogen-bond donors (Lipinski definition) is 1. The lowest BCUT2D eigenvalue weighted by Gasteiger charge is -2.16. The Kier molecular flexibility index (Phi) is 4.95. The molecule has 110 valence electrons. The summed E-state index contributed by atoms with van der Waals surface area (Å²) >= 11 is 0. The molecule has 1 aliphatic rings. The Labute approximate surface area is 118 Å². The summed E-state index contributed by atoms with van der Waals surface area (Å²) in [6.45, 7) is 2.53. The van der Waals surface area contributed by atoms with Crippen LogP contribution in [0.2, 0.25) is 0 Å². The van der Waals surface area contributed by atoms with Gasteiger partial charge in [-0.3, -0.25) is 9.69 Å². The number of carbonyl (C=O) groups is 1. The zero-order chi connectivity index (χ0) is 14.5. The van der Waals surface area contributed by atoms with E-state index in [0.29, 0.717) is 12.5 Å². The van der Waals surface area contributed by atoms with Crippen molar-refractivity contribution >= 4 is 5.97 Å². The van der Waals surface area contributed by atoms with E-state index in [1.165, 1.54) is 13.2 Å². The number of halogens is 1. The van der Waals surface area contributed by atoms with Crippen LogP contribution in [0.1, 0.15) is 24.8 Å². The number of aliphatic carboxylic acids is 1. The first-order chi connectivity index (χ1) is 9.58. The van der Waals surface area contributed by atoms with Crippen LogP contribution < -0.4 is 4.74 Å². The molecular weight excluding hydrogens is 261 g/mol. The molecule has 0 spiro atoms. The first-order valence-electron chi connectivity index (χ1n) is 6.85. The molecule has 20 heavy (non-hydrogen) atoms. The SMILES string of the molecule is COc1ccc(CN2CCC(CCC(=O)O)C2)cc1F. The highest BCUT2D eigenvalue weighted by atomic mass is 19.1. The van der Waals surface area contributed by atoms with Crippen LogP contribution in [0.5, 0.6) is 5.75 Å². The molecule has 0 amide bonds. The second kappa shape index (κ2) is 6.70. The van der Waals surface area contributed by atoms with E-state index < -0.39 is 5.97 Å². The van der Waals surface area contributed by atoms with Crippen molar-refractivity contribution in [2.24, 2.45) is 5.92 Å². The van der Waals surface area contributed by atoms with Gasteiger partial charge in [0.1, 0.15) is 0 Å². The highest BCUT2D eigenvalue weighted by molar-refractivity contribution is 5.66. The number of nitrogens with zero attached hydrogens (tertiary/aromatic N) is 1. The molecule has 1 N–H and O–H groups in total. The summed E-state index contributed by atoms with van der Waals surface area (Å²) < 4.78 is 18.5. The van der Waals surface area contributed by atoms with Crippen LogP contribution in [0, 0.1) is 11.7 Å². The van der Waals surface area contributed by atoms with Gasteiger partial charge in [0.05, 0.1) is 7.11 Å². The number of ether oxygens (including phenoxy) is 1. The van der Waals surface area contributed by atoms with Crippen LogP contribution in [-0.4, -0.2) is 36.2 Å². The molecule has 1 fully saturated rings. The third-order valence-electron chi connectivity index (χ3n) is 3.76. The van der Waals surface area contributed by atoms with Crippen molar-refractivity contribution in [2.45, 2.75) is 25.8 Å². The van der Waals surface area contributed by atoms with Crippen molar-refractivity contribution in [1.29, 1.82) is 0 Å². The lowest BCUT2D eigenvalue weighted by Crippen LogP contribution is -2.20. The van der Waals surface area contributed by atoms with Gasteiger partial charge in [0, 0.05) is 19.5 Å². The first-order valence-corrected chi connectivity index (χ1v) is 6.85. The Morgan fingerprint density at radius 1 is 1.55 bits per heavy atom. The van der Waals surface area contributed by atoms with Crippen LogP contribution in [0.25, 0.3) is 0 Å². The minimum Gasteiger partial charge on any atom is -0.494 e. The third kappa shape index (κ3) is 3.93. The molecule has 0 saturated carbocycles. The highest BCUT2D eigenvalue weighted by Gasteiger charge is 2.23. The van der Waals surface area contributed by atoms with E-state index in [2.05, 4.69) is 4.90 Å². The number of carboxylic acid groups (broad SMARTS) is 1. The normalized spacial score (nSPS) is 19.2. The maximum atomic E-state index is 13.6. The van der Waals surface area contributed by atoms with Crippen molar-refractivity contribution in [1.82, 2.24) is 4.90 Å². The van der Waals surface area contributed by atoms with E-state index in [-0.39, 0.29) is 18.0 Å². The number of hydrogen-bond acceptors (Lipinski definition) is 3. The molecule has 1 aliphatic heterocycles. The summed E-state index contributed by atoms with van der Waals surface area (Å²) in [6, 6.07) is 5.01. The molecular formula is C15H20FNO3. The number of carboxylic acids is 1. The highest BCUT2D eigenvalue weighted by Crippen LogP contribution is 2.24. The van der Waals surface area contributed by atoms with Gasteiger partial charge in [-0.15, -0.1) is 0 Å². The zero-order valence-electron chi connectivity index (χ0n) is 11.6. The van der Waals surface area contributed by atoms with E-state index in [4.69, 9.17) is 9.84 Å². The number of methoxy groups -OCH3 is 1. The van der Waals surface area contributed by atoms with Gasteiger partial charge in [0.25, 0.3) is 0 Å². The summed E-state index contributed by atoms with van der Waals surface area (Å²) in [4.78, 5) is 12.8. The Balaban J connectivity index is 1.85. The first kappa shape index (κ1) is 14.8. The van der Waals surface area contributed by atoms with Crippen LogP contribution in [0.15, 0.2) is 18.2 Å². The summed E-state index contributed by atoms with van der Waals surface area (Å²) in [5.41, 5.74) is 0.919. The predicted molar refractivity (Wildman–Crippen MR) is 73.2 cm³/mol. The zero-order valence-corrected chi connectivity index (χ0v) is 11.6. The van der Waals surface area contributed by atoms with Crippen LogP contribution in [0.4, 0.5) is 4.39 Å². The van der Waals surface area contributed by atoms with Gasteiger partial charge < -0.3 is 9.84 Å². The summed E-state index contributed by atoms with van der Waals surface area (Å²) in [5.74, 6) is -0.379. The minimum atomic E-state index is -0.735. The van der Waals surface area contributed by atoms with Crippen molar-refractivity contribution in [3.05, 3.63) is 29.6 Å². The fourth-order valence-corrected chi connectivity index (χ4v) is 2.69. The van der Waals surface area contributed by atoms with Crippen molar-refractivity contribution in [3.8, 4) is 5.75 Å². The molecule has 0 aromatic heterocycles. The average molecular weight is 281 g/mol. The van der Waals surface area contributed by atoms with E-state index >= 15 is 0 Å². The molecule has 1 aromatic rings. The lowest BCUT2D eigenvalue weighted by atomic mass is 10.0. The lowest BCUT2D eigenvalue weighted by molar-refractivity contribution is -0.137. The molecule has 1 aromatic carbocycles. The Morgan fingerprint density at radius 2 is 2.35 bits per heavy atom. The van der Waals surface area contributed by atoms with Gasteiger partial charge in [-0.2, -0.15) is 0 Å². The van der Waals surface area contributed by atoms with E-state index in [1.807, 2.05) is 6.07 Å². The molecule has 1 saturated heterocycles. The van der Waals surface area contributed by atoms with E-state index in [9.17, 15) is 9.18 Å². The fraction of sp³-hybridized carbons (Fsp3) is 0.533. The molecule has 1 unspecified atom stereocenters.